The van der Waals surface area contributed by atoms with Crippen LogP contribution in [0.3, 0.4) is 0 Å². The van der Waals surface area contributed by atoms with Crippen LogP contribution in [0.5, 0.6) is 0 Å². The van der Waals surface area contributed by atoms with Crippen LogP contribution in [-0.4, -0.2) is 0 Å². The maximum atomic E-state index is 5.84. The molecule has 0 unspecified atom stereocenters. The van der Waals surface area contributed by atoms with Crippen LogP contribution < -0.4 is 5.73 Å². The minimum Gasteiger partial charge on any atom is -0.324 e. The van der Waals surface area contributed by atoms with Gasteiger partial charge in [0.25, 0.3) is 0 Å². The first-order valence-electron chi connectivity index (χ1n) is 3.63. The molecule has 0 radical (unpaired) electrons. The van der Waals surface area contributed by atoms with Crippen LogP contribution in [0.4, 0.5) is 0 Å². The van der Waals surface area contributed by atoms with Crippen molar-refractivity contribution >= 4 is 11.6 Å². The lowest BCUT2D eigenvalue weighted by Crippen LogP contribution is -2.04. The van der Waals surface area contributed by atoms with E-state index < -0.39 is 0 Å². The van der Waals surface area contributed by atoms with Gasteiger partial charge in [0, 0.05) is 11.1 Å². The second-order valence-electron chi connectivity index (χ2n) is 2.80. The van der Waals surface area contributed by atoms with Gasteiger partial charge in [-0.3, -0.25) is 0 Å². The number of rotatable bonds is 1. The third-order valence-electron chi connectivity index (χ3n) is 1.71. The van der Waals surface area contributed by atoms with Gasteiger partial charge in [-0.1, -0.05) is 23.7 Å². The van der Waals surface area contributed by atoms with Crippen LogP contribution >= 0.6 is 11.6 Å². The van der Waals surface area contributed by atoms with E-state index in [9.17, 15) is 0 Å². The van der Waals surface area contributed by atoms with Crippen molar-refractivity contribution in [2.45, 2.75) is 19.9 Å². The summed E-state index contributed by atoms with van der Waals surface area (Å²) in [7, 11) is 0. The van der Waals surface area contributed by atoms with Crippen molar-refractivity contribution < 1.29 is 0 Å². The summed E-state index contributed by atoms with van der Waals surface area (Å²) in [5, 5.41) is 0.800. The Kier molecular flexibility index (Phi) is 2.53. The van der Waals surface area contributed by atoms with E-state index in [1.165, 1.54) is 0 Å². The predicted molar refractivity (Wildman–Crippen MR) is 48.8 cm³/mol. The van der Waals surface area contributed by atoms with Gasteiger partial charge in [-0.25, -0.2) is 0 Å². The van der Waals surface area contributed by atoms with E-state index in [0.717, 1.165) is 16.1 Å². The third kappa shape index (κ3) is 1.95. The van der Waals surface area contributed by atoms with Crippen LogP contribution in [0.25, 0.3) is 0 Å². The van der Waals surface area contributed by atoms with E-state index in [2.05, 4.69) is 0 Å². The fraction of sp³-hybridized carbons (Fsp3) is 0.333. The summed E-state index contributed by atoms with van der Waals surface area (Å²) >= 11 is 5.84. The zero-order valence-electron chi connectivity index (χ0n) is 6.76. The first kappa shape index (κ1) is 8.57. The molecule has 0 spiro atoms. The maximum absolute atomic E-state index is 5.84. The van der Waals surface area contributed by atoms with Crippen molar-refractivity contribution in [2.24, 2.45) is 5.73 Å². The van der Waals surface area contributed by atoms with Crippen LogP contribution in [0, 0.1) is 6.92 Å². The third-order valence-corrected chi connectivity index (χ3v) is 2.13. The lowest BCUT2D eigenvalue weighted by Gasteiger charge is -2.06. The van der Waals surface area contributed by atoms with E-state index in [4.69, 9.17) is 17.3 Å². The molecule has 0 saturated heterocycles. The Balaban J connectivity index is 3.05. The van der Waals surface area contributed by atoms with E-state index in [0.29, 0.717) is 0 Å². The van der Waals surface area contributed by atoms with Gasteiger partial charge < -0.3 is 5.73 Å². The fourth-order valence-corrected chi connectivity index (χ4v) is 1.07. The molecule has 0 saturated carbocycles. The van der Waals surface area contributed by atoms with Gasteiger partial charge >= 0.3 is 0 Å². The highest BCUT2D eigenvalue weighted by Gasteiger charge is 2.00. The highest BCUT2D eigenvalue weighted by molar-refractivity contribution is 6.31. The topological polar surface area (TPSA) is 26.0 Å². The second kappa shape index (κ2) is 3.24. The molecule has 11 heavy (non-hydrogen) atoms. The number of aryl methyl sites for hydroxylation is 1. The van der Waals surface area contributed by atoms with Gasteiger partial charge in [0.15, 0.2) is 0 Å². The van der Waals surface area contributed by atoms with Crippen molar-refractivity contribution in [1.82, 2.24) is 0 Å². The normalized spacial score (nSPS) is 13.1. The first-order chi connectivity index (χ1) is 5.11. The number of nitrogens with two attached hydrogens (primary N) is 1. The van der Waals surface area contributed by atoms with E-state index in [-0.39, 0.29) is 6.04 Å². The van der Waals surface area contributed by atoms with Crippen LogP contribution in [0.1, 0.15) is 24.1 Å². The summed E-state index contributed by atoms with van der Waals surface area (Å²) in [5.74, 6) is 0. The van der Waals surface area contributed by atoms with Gasteiger partial charge in [0.05, 0.1) is 0 Å². The summed E-state index contributed by atoms with van der Waals surface area (Å²) in [6, 6.07) is 5.95. The Morgan fingerprint density at radius 1 is 1.45 bits per heavy atom. The standard InChI is InChI=1S/C9H12ClN/c1-6-5-8(7(2)11)3-4-9(6)10/h3-5,7H,11H2,1-2H3/t7-/m0/s1. The SMILES string of the molecule is Cc1cc([C@H](C)N)ccc1Cl. The van der Waals surface area contributed by atoms with Crippen molar-refractivity contribution in [1.29, 1.82) is 0 Å². The van der Waals surface area contributed by atoms with Gasteiger partial charge in [-0.2, -0.15) is 0 Å². The Morgan fingerprint density at radius 3 is 2.55 bits per heavy atom. The molecule has 1 aromatic rings. The molecular formula is C9H12ClN. The molecule has 0 amide bonds. The first-order valence-corrected chi connectivity index (χ1v) is 4.00. The van der Waals surface area contributed by atoms with Crippen LogP contribution in [-0.2, 0) is 0 Å². The van der Waals surface area contributed by atoms with E-state index in [1.807, 2.05) is 32.0 Å². The molecule has 2 N–H and O–H groups in total. The molecule has 1 rings (SSSR count). The van der Waals surface area contributed by atoms with Crippen molar-refractivity contribution in [2.75, 3.05) is 0 Å². The molecule has 1 atom stereocenters. The molecule has 0 bridgehead atoms. The Hall–Kier alpha value is -0.530. The lowest BCUT2D eigenvalue weighted by molar-refractivity contribution is 0.817. The summed E-state index contributed by atoms with van der Waals surface area (Å²) in [6.45, 7) is 3.94. The summed E-state index contributed by atoms with van der Waals surface area (Å²) < 4.78 is 0. The maximum Gasteiger partial charge on any atom is 0.0435 e. The Labute approximate surface area is 72.2 Å². The Morgan fingerprint density at radius 2 is 2.09 bits per heavy atom. The molecule has 0 aliphatic heterocycles. The molecule has 0 aliphatic carbocycles. The lowest BCUT2D eigenvalue weighted by atomic mass is 10.1. The monoisotopic (exact) mass is 169 g/mol. The predicted octanol–water partition coefficient (Wildman–Crippen LogP) is 2.67. The zero-order chi connectivity index (χ0) is 8.43. The fourth-order valence-electron chi connectivity index (χ4n) is 0.951. The van der Waals surface area contributed by atoms with Gasteiger partial charge in [0.2, 0.25) is 0 Å². The van der Waals surface area contributed by atoms with Crippen LogP contribution in [0.15, 0.2) is 18.2 Å². The molecule has 60 valence electrons. The molecule has 0 aromatic heterocycles. The quantitative estimate of drug-likeness (QED) is 0.688. The molecular weight excluding hydrogens is 158 g/mol. The minimum absolute atomic E-state index is 0.0889. The summed E-state index contributed by atoms with van der Waals surface area (Å²) in [5.41, 5.74) is 7.91. The van der Waals surface area contributed by atoms with Crippen molar-refractivity contribution in [3.63, 3.8) is 0 Å². The second-order valence-corrected chi connectivity index (χ2v) is 3.20. The van der Waals surface area contributed by atoms with E-state index in [1.54, 1.807) is 0 Å². The molecule has 2 heteroatoms. The average molecular weight is 170 g/mol. The molecule has 1 aromatic carbocycles. The molecule has 0 heterocycles. The molecule has 0 fully saturated rings. The largest absolute Gasteiger partial charge is 0.324 e. The van der Waals surface area contributed by atoms with Crippen molar-refractivity contribution in [3.05, 3.63) is 34.3 Å². The molecule has 0 aliphatic rings. The van der Waals surface area contributed by atoms with Crippen LogP contribution in [0.2, 0.25) is 5.02 Å². The van der Waals surface area contributed by atoms with E-state index >= 15 is 0 Å². The Bertz CT molecular complexity index is 256. The number of halogens is 1. The summed E-state index contributed by atoms with van der Waals surface area (Å²) in [6.07, 6.45) is 0. The smallest absolute Gasteiger partial charge is 0.0435 e. The minimum atomic E-state index is 0.0889. The van der Waals surface area contributed by atoms with Crippen molar-refractivity contribution in [3.8, 4) is 0 Å². The number of hydrogen-bond acceptors (Lipinski definition) is 1. The number of benzene rings is 1. The van der Waals surface area contributed by atoms with Gasteiger partial charge in [-0.05, 0) is 31.0 Å². The highest BCUT2D eigenvalue weighted by atomic mass is 35.5. The molecule has 1 nitrogen and oxygen atoms in total. The highest BCUT2D eigenvalue weighted by Crippen LogP contribution is 2.19. The number of hydrogen-bond donors (Lipinski definition) is 1. The van der Waals surface area contributed by atoms with Gasteiger partial charge in [0.1, 0.15) is 0 Å². The van der Waals surface area contributed by atoms with Gasteiger partial charge in [-0.15, -0.1) is 0 Å². The zero-order valence-corrected chi connectivity index (χ0v) is 7.52. The summed E-state index contributed by atoms with van der Waals surface area (Å²) in [4.78, 5) is 0. The average Bonchev–Trinajstić information content (AvgIpc) is 1.94.